The molecule has 4 heteroatoms. The highest BCUT2D eigenvalue weighted by Crippen LogP contribution is 2.06. The average molecular weight is 179 g/mol. The van der Waals surface area contributed by atoms with Crippen LogP contribution in [0.25, 0.3) is 0 Å². The minimum absolute atomic E-state index is 0.364. The molecular weight excluding hydrogens is 166 g/mol. The van der Waals surface area contributed by atoms with E-state index < -0.39 is 11.4 Å². The number of aromatic nitrogens is 1. The molecule has 4 nitrogen and oxygen atoms in total. The van der Waals surface area contributed by atoms with Gasteiger partial charge in [-0.05, 0) is 19.1 Å². The lowest BCUT2D eigenvalue weighted by molar-refractivity contribution is -0.122. The number of nitrogens with zero attached hydrogens (tertiary/aromatic N) is 1. The maximum atomic E-state index is 10.9. The van der Waals surface area contributed by atoms with Crippen molar-refractivity contribution in [1.29, 1.82) is 0 Å². The second kappa shape index (κ2) is 3.53. The molecular formula is C9H13N3O. The van der Waals surface area contributed by atoms with Crippen molar-refractivity contribution in [1.82, 2.24) is 4.98 Å². The zero-order valence-electron chi connectivity index (χ0n) is 7.53. The summed E-state index contributed by atoms with van der Waals surface area (Å²) in [7, 11) is 0. The van der Waals surface area contributed by atoms with Gasteiger partial charge in [0.2, 0.25) is 5.91 Å². The molecule has 0 unspecified atom stereocenters. The number of rotatable bonds is 3. The number of hydrogen-bond acceptors (Lipinski definition) is 3. The molecule has 1 amide bonds. The van der Waals surface area contributed by atoms with Gasteiger partial charge >= 0.3 is 0 Å². The summed E-state index contributed by atoms with van der Waals surface area (Å²) in [5.41, 5.74) is 10.6. The molecule has 0 saturated carbocycles. The molecule has 0 spiro atoms. The summed E-state index contributed by atoms with van der Waals surface area (Å²) in [6, 6.07) is 5.47. The molecule has 1 aromatic heterocycles. The van der Waals surface area contributed by atoms with Gasteiger partial charge in [0.05, 0.1) is 5.54 Å². The lowest BCUT2D eigenvalue weighted by Gasteiger charge is -2.19. The number of primary amides is 1. The summed E-state index contributed by atoms with van der Waals surface area (Å²) >= 11 is 0. The van der Waals surface area contributed by atoms with Gasteiger partial charge in [0, 0.05) is 18.3 Å². The first-order valence-corrected chi connectivity index (χ1v) is 4.01. The van der Waals surface area contributed by atoms with Crippen molar-refractivity contribution in [3.63, 3.8) is 0 Å². The first-order valence-electron chi connectivity index (χ1n) is 4.01. The van der Waals surface area contributed by atoms with E-state index in [-0.39, 0.29) is 0 Å². The van der Waals surface area contributed by atoms with Crippen molar-refractivity contribution >= 4 is 5.91 Å². The van der Waals surface area contributed by atoms with Crippen LogP contribution in [0, 0.1) is 0 Å². The Morgan fingerprint density at radius 1 is 1.62 bits per heavy atom. The summed E-state index contributed by atoms with van der Waals surface area (Å²) in [6.07, 6.45) is 2.02. The van der Waals surface area contributed by atoms with Gasteiger partial charge < -0.3 is 11.5 Å². The molecule has 0 aromatic carbocycles. The van der Waals surface area contributed by atoms with E-state index in [1.807, 2.05) is 18.2 Å². The Kier molecular flexibility index (Phi) is 2.63. The lowest BCUT2D eigenvalue weighted by atomic mass is 9.96. The van der Waals surface area contributed by atoms with Gasteiger partial charge in [-0.1, -0.05) is 6.07 Å². The van der Waals surface area contributed by atoms with Crippen molar-refractivity contribution in [3.8, 4) is 0 Å². The van der Waals surface area contributed by atoms with Crippen LogP contribution in [0.4, 0.5) is 0 Å². The van der Waals surface area contributed by atoms with Crippen LogP contribution in [0.2, 0.25) is 0 Å². The topological polar surface area (TPSA) is 82.0 Å². The molecule has 1 heterocycles. The summed E-state index contributed by atoms with van der Waals surface area (Å²) < 4.78 is 0. The van der Waals surface area contributed by atoms with Gasteiger partial charge in [0.25, 0.3) is 0 Å². The first kappa shape index (κ1) is 9.67. The third-order valence-electron chi connectivity index (χ3n) is 1.84. The fourth-order valence-corrected chi connectivity index (χ4v) is 0.966. The molecule has 0 fully saturated rings. The summed E-state index contributed by atoms with van der Waals surface area (Å²) in [5, 5.41) is 0. The Labute approximate surface area is 77.0 Å². The molecule has 4 N–H and O–H groups in total. The van der Waals surface area contributed by atoms with Crippen LogP contribution in [-0.2, 0) is 11.2 Å². The third kappa shape index (κ3) is 2.52. The molecule has 1 rings (SSSR count). The Hall–Kier alpha value is -1.42. The van der Waals surface area contributed by atoms with E-state index in [4.69, 9.17) is 11.5 Å². The molecule has 0 bridgehead atoms. The summed E-state index contributed by atoms with van der Waals surface area (Å²) in [4.78, 5) is 15.0. The Bertz CT molecular complexity index is 295. The van der Waals surface area contributed by atoms with E-state index in [0.717, 1.165) is 5.69 Å². The number of pyridine rings is 1. The Morgan fingerprint density at radius 3 is 2.77 bits per heavy atom. The monoisotopic (exact) mass is 179 g/mol. The summed E-state index contributed by atoms with van der Waals surface area (Å²) in [6.45, 7) is 1.60. The highest BCUT2D eigenvalue weighted by Gasteiger charge is 2.26. The standard InChI is InChI=1S/C9H13N3O/c1-9(11,8(10)13)6-7-4-2-3-5-12-7/h2-5H,6,11H2,1H3,(H2,10,13)/t9-/m1/s1. The second-order valence-electron chi connectivity index (χ2n) is 3.28. The Balaban J connectivity index is 2.75. The van der Waals surface area contributed by atoms with Gasteiger partial charge in [-0.15, -0.1) is 0 Å². The maximum absolute atomic E-state index is 10.9. The highest BCUT2D eigenvalue weighted by atomic mass is 16.1. The second-order valence-corrected chi connectivity index (χ2v) is 3.28. The zero-order valence-corrected chi connectivity index (χ0v) is 7.53. The van der Waals surface area contributed by atoms with Crippen LogP contribution in [0.3, 0.4) is 0 Å². The lowest BCUT2D eigenvalue weighted by Crippen LogP contribution is -2.51. The van der Waals surface area contributed by atoms with Gasteiger partial charge in [0.15, 0.2) is 0 Å². The average Bonchev–Trinajstić information content (AvgIpc) is 2.05. The van der Waals surface area contributed by atoms with Crippen LogP contribution in [0.5, 0.6) is 0 Å². The van der Waals surface area contributed by atoms with E-state index in [0.29, 0.717) is 6.42 Å². The van der Waals surface area contributed by atoms with Crippen molar-refractivity contribution in [2.24, 2.45) is 11.5 Å². The van der Waals surface area contributed by atoms with Crippen LogP contribution < -0.4 is 11.5 Å². The fraction of sp³-hybridized carbons (Fsp3) is 0.333. The number of amides is 1. The predicted molar refractivity (Wildman–Crippen MR) is 49.7 cm³/mol. The van der Waals surface area contributed by atoms with Crippen molar-refractivity contribution < 1.29 is 4.79 Å². The van der Waals surface area contributed by atoms with Gasteiger partial charge in [-0.2, -0.15) is 0 Å². The smallest absolute Gasteiger partial charge is 0.237 e. The summed E-state index contributed by atoms with van der Waals surface area (Å²) in [5.74, 6) is -0.516. The molecule has 0 saturated heterocycles. The largest absolute Gasteiger partial charge is 0.368 e. The molecule has 0 radical (unpaired) electrons. The highest BCUT2D eigenvalue weighted by molar-refractivity contribution is 5.84. The van der Waals surface area contributed by atoms with E-state index in [9.17, 15) is 4.79 Å². The van der Waals surface area contributed by atoms with Crippen LogP contribution >= 0.6 is 0 Å². The van der Waals surface area contributed by atoms with Crippen molar-refractivity contribution in [3.05, 3.63) is 30.1 Å². The third-order valence-corrected chi connectivity index (χ3v) is 1.84. The SMILES string of the molecule is C[C@@](N)(Cc1ccccn1)C(N)=O. The van der Waals surface area contributed by atoms with Crippen LogP contribution in [-0.4, -0.2) is 16.4 Å². The fourth-order valence-electron chi connectivity index (χ4n) is 0.966. The van der Waals surface area contributed by atoms with E-state index in [1.165, 1.54) is 0 Å². The van der Waals surface area contributed by atoms with Crippen molar-refractivity contribution in [2.45, 2.75) is 18.9 Å². The molecule has 70 valence electrons. The number of nitrogens with two attached hydrogens (primary N) is 2. The molecule has 1 aromatic rings. The maximum Gasteiger partial charge on any atom is 0.237 e. The molecule has 13 heavy (non-hydrogen) atoms. The minimum Gasteiger partial charge on any atom is -0.368 e. The first-order chi connectivity index (χ1) is 6.02. The van der Waals surface area contributed by atoms with E-state index in [2.05, 4.69) is 4.98 Å². The quantitative estimate of drug-likeness (QED) is 0.675. The van der Waals surface area contributed by atoms with Crippen LogP contribution in [0.15, 0.2) is 24.4 Å². The van der Waals surface area contributed by atoms with Gasteiger partial charge in [0.1, 0.15) is 0 Å². The predicted octanol–water partition coefficient (Wildman–Crippen LogP) is -0.173. The molecule has 1 atom stereocenters. The minimum atomic E-state index is -1.02. The molecule has 0 aliphatic heterocycles. The van der Waals surface area contributed by atoms with Gasteiger partial charge in [-0.3, -0.25) is 9.78 Å². The molecule has 0 aliphatic rings. The molecule has 0 aliphatic carbocycles. The van der Waals surface area contributed by atoms with E-state index in [1.54, 1.807) is 13.1 Å². The number of carbonyl (C=O) groups excluding carboxylic acids is 1. The zero-order chi connectivity index (χ0) is 9.90. The van der Waals surface area contributed by atoms with Crippen molar-refractivity contribution in [2.75, 3.05) is 0 Å². The normalized spacial score (nSPS) is 14.9. The number of hydrogen-bond donors (Lipinski definition) is 2. The Morgan fingerprint density at radius 2 is 2.31 bits per heavy atom. The van der Waals surface area contributed by atoms with E-state index >= 15 is 0 Å². The van der Waals surface area contributed by atoms with Gasteiger partial charge in [-0.25, -0.2) is 0 Å². The van der Waals surface area contributed by atoms with Crippen LogP contribution in [0.1, 0.15) is 12.6 Å². The number of carbonyl (C=O) groups is 1.